The predicted molar refractivity (Wildman–Crippen MR) is 80.2 cm³/mol. The van der Waals surface area contributed by atoms with Gasteiger partial charge in [-0.2, -0.15) is 0 Å². The van der Waals surface area contributed by atoms with Gasteiger partial charge in [-0.15, -0.1) is 0 Å². The quantitative estimate of drug-likeness (QED) is 0.893. The van der Waals surface area contributed by atoms with Crippen LogP contribution in [0.25, 0.3) is 0 Å². The lowest BCUT2D eigenvalue weighted by atomic mass is 10.1. The van der Waals surface area contributed by atoms with E-state index in [9.17, 15) is 9.50 Å². The zero-order valence-corrected chi connectivity index (χ0v) is 11.9. The number of anilines is 1. The summed E-state index contributed by atoms with van der Waals surface area (Å²) >= 11 is 0. The number of benzene rings is 2. The van der Waals surface area contributed by atoms with Crippen molar-refractivity contribution in [2.45, 2.75) is 26.0 Å². The van der Waals surface area contributed by atoms with Gasteiger partial charge in [0.1, 0.15) is 5.82 Å². The molecule has 0 saturated carbocycles. The molecule has 20 heavy (non-hydrogen) atoms. The molecule has 106 valence electrons. The minimum absolute atomic E-state index is 0.214. The molecule has 3 heteroatoms. The van der Waals surface area contributed by atoms with Gasteiger partial charge in [0.25, 0.3) is 0 Å². The van der Waals surface area contributed by atoms with Gasteiger partial charge in [-0.25, -0.2) is 4.39 Å². The summed E-state index contributed by atoms with van der Waals surface area (Å²) in [6.45, 7) is 2.68. The molecule has 0 aliphatic rings. The summed E-state index contributed by atoms with van der Waals surface area (Å²) in [5, 5.41) is 9.77. The lowest BCUT2D eigenvalue weighted by Gasteiger charge is -2.20. The standard InChI is InChI=1S/C17H20FNO/c1-3-17(20)14-6-10-16(11-7-14)19(2)12-13-4-8-15(18)9-5-13/h4-11,17,20H,3,12H2,1-2H3/t17-/m0/s1. The third kappa shape index (κ3) is 3.58. The maximum absolute atomic E-state index is 12.9. The van der Waals surface area contributed by atoms with E-state index >= 15 is 0 Å². The van der Waals surface area contributed by atoms with Gasteiger partial charge >= 0.3 is 0 Å². The number of rotatable bonds is 5. The maximum atomic E-state index is 12.9. The summed E-state index contributed by atoms with van der Waals surface area (Å²) in [7, 11) is 1.99. The van der Waals surface area contributed by atoms with Crippen LogP contribution in [0.4, 0.5) is 10.1 Å². The summed E-state index contributed by atoms with van der Waals surface area (Å²) in [6, 6.07) is 14.4. The molecule has 0 bridgehead atoms. The molecule has 1 N–H and O–H groups in total. The Balaban J connectivity index is 2.05. The van der Waals surface area contributed by atoms with Crippen molar-refractivity contribution >= 4 is 5.69 Å². The molecule has 0 amide bonds. The van der Waals surface area contributed by atoms with Crippen LogP contribution in [0.15, 0.2) is 48.5 Å². The lowest BCUT2D eigenvalue weighted by molar-refractivity contribution is 0.173. The molecule has 0 heterocycles. The second-order valence-electron chi connectivity index (χ2n) is 5.00. The fraction of sp³-hybridized carbons (Fsp3) is 0.294. The Bertz CT molecular complexity index is 536. The van der Waals surface area contributed by atoms with Crippen LogP contribution >= 0.6 is 0 Å². The van der Waals surface area contributed by atoms with Crippen molar-refractivity contribution in [1.29, 1.82) is 0 Å². The number of hydrogen-bond donors (Lipinski definition) is 1. The normalized spacial score (nSPS) is 12.2. The van der Waals surface area contributed by atoms with Crippen LogP contribution in [0.5, 0.6) is 0 Å². The van der Waals surface area contributed by atoms with E-state index in [1.165, 1.54) is 12.1 Å². The summed E-state index contributed by atoms with van der Waals surface area (Å²) in [4.78, 5) is 2.09. The highest BCUT2D eigenvalue weighted by Crippen LogP contribution is 2.21. The fourth-order valence-corrected chi connectivity index (χ4v) is 2.14. The monoisotopic (exact) mass is 273 g/mol. The van der Waals surface area contributed by atoms with Crippen LogP contribution in [-0.2, 0) is 6.54 Å². The van der Waals surface area contributed by atoms with Gasteiger partial charge in [0.05, 0.1) is 6.10 Å². The van der Waals surface area contributed by atoms with Crippen molar-refractivity contribution in [1.82, 2.24) is 0 Å². The Morgan fingerprint density at radius 2 is 1.65 bits per heavy atom. The number of aliphatic hydroxyl groups excluding tert-OH is 1. The van der Waals surface area contributed by atoms with Crippen LogP contribution in [0.2, 0.25) is 0 Å². The highest BCUT2D eigenvalue weighted by molar-refractivity contribution is 5.47. The number of hydrogen-bond acceptors (Lipinski definition) is 2. The van der Waals surface area contributed by atoms with E-state index in [1.54, 1.807) is 12.1 Å². The molecule has 2 aromatic rings. The van der Waals surface area contributed by atoms with E-state index in [2.05, 4.69) is 4.90 Å². The molecule has 2 rings (SSSR count). The molecule has 0 radical (unpaired) electrons. The van der Waals surface area contributed by atoms with Crippen molar-refractivity contribution in [3.8, 4) is 0 Å². The van der Waals surface area contributed by atoms with Gasteiger partial charge in [-0.05, 0) is 41.8 Å². The van der Waals surface area contributed by atoms with Gasteiger partial charge in [0.15, 0.2) is 0 Å². The molecular weight excluding hydrogens is 253 g/mol. The maximum Gasteiger partial charge on any atom is 0.123 e. The first kappa shape index (κ1) is 14.5. The minimum Gasteiger partial charge on any atom is -0.388 e. The predicted octanol–water partition coefficient (Wildman–Crippen LogP) is 3.91. The van der Waals surface area contributed by atoms with Crippen LogP contribution < -0.4 is 4.90 Å². The van der Waals surface area contributed by atoms with Gasteiger partial charge in [0.2, 0.25) is 0 Å². The molecule has 0 aliphatic heterocycles. The zero-order chi connectivity index (χ0) is 14.5. The third-order valence-electron chi connectivity index (χ3n) is 3.44. The zero-order valence-electron chi connectivity index (χ0n) is 11.9. The lowest BCUT2D eigenvalue weighted by Crippen LogP contribution is -2.16. The molecule has 1 atom stereocenters. The van der Waals surface area contributed by atoms with Crippen molar-refractivity contribution in [2.75, 3.05) is 11.9 Å². The first-order chi connectivity index (χ1) is 9.60. The number of halogens is 1. The molecule has 2 aromatic carbocycles. The average Bonchev–Trinajstić information content (AvgIpc) is 2.49. The SMILES string of the molecule is CC[C@H](O)c1ccc(N(C)Cc2ccc(F)cc2)cc1. The smallest absolute Gasteiger partial charge is 0.123 e. The van der Waals surface area contributed by atoms with E-state index in [4.69, 9.17) is 0 Å². The Morgan fingerprint density at radius 1 is 1.05 bits per heavy atom. The first-order valence-electron chi connectivity index (χ1n) is 6.83. The molecule has 0 unspecified atom stereocenters. The molecule has 0 saturated heterocycles. The topological polar surface area (TPSA) is 23.5 Å². The highest BCUT2D eigenvalue weighted by Gasteiger charge is 2.06. The molecule has 0 fully saturated rings. The second-order valence-corrected chi connectivity index (χ2v) is 5.00. The van der Waals surface area contributed by atoms with Gasteiger partial charge in [-0.3, -0.25) is 0 Å². The van der Waals surface area contributed by atoms with Crippen LogP contribution in [0, 0.1) is 5.82 Å². The van der Waals surface area contributed by atoms with Crippen molar-refractivity contribution in [3.05, 3.63) is 65.5 Å². The van der Waals surface area contributed by atoms with Gasteiger partial charge in [0, 0.05) is 19.3 Å². The second kappa shape index (κ2) is 6.53. The molecule has 0 aromatic heterocycles. The van der Waals surface area contributed by atoms with Crippen LogP contribution in [0.3, 0.4) is 0 Å². The van der Waals surface area contributed by atoms with Gasteiger partial charge in [-0.1, -0.05) is 31.2 Å². The molecular formula is C17H20FNO. The van der Waals surface area contributed by atoms with E-state index in [0.29, 0.717) is 6.42 Å². The molecule has 2 nitrogen and oxygen atoms in total. The fourth-order valence-electron chi connectivity index (χ4n) is 2.14. The number of nitrogens with zero attached hydrogens (tertiary/aromatic N) is 1. The van der Waals surface area contributed by atoms with Crippen LogP contribution in [0.1, 0.15) is 30.6 Å². The Labute approximate surface area is 119 Å². The highest BCUT2D eigenvalue weighted by atomic mass is 19.1. The minimum atomic E-state index is -0.397. The summed E-state index contributed by atoms with van der Waals surface area (Å²) in [5.74, 6) is -0.214. The Morgan fingerprint density at radius 3 is 2.20 bits per heavy atom. The van der Waals surface area contributed by atoms with Crippen molar-refractivity contribution < 1.29 is 9.50 Å². The van der Waals surface area contributed by atoms with E-state index in [-0.39, 0.29) is 5.82 Å². The molecule has 0 spiro atoms. The largest absolute Gasteiger partial charge is 0.388 e. The Kier molecular flexibility index (Phi) is 4.74. The summed E-state index contributed by atoms with van der Waals surface area (Å²) in [5.41, 5.74) is 3.07. The van der Waals surface area contributed by atoms with E-state index < -0.39 is 6.10 Å². The third-order valence-corrected chi connectivity index (χ3v) is 3.44. The average molecular weight is 273 g/mol. The van der Waals surface area contributed by atoms with E-state index in [0.717, 1.165) is 23.4 Å². The van der Waals surface area contributed by atoms with Gasteiger partial charge < -0.3 is 10.0 Å². The first-order valence-corrected chi connectivity index (χ1v) is 6.83. The summed E-state index contributed by atoms with van der Waals surface area (Å²) in [6.07, 6.45) is 0.316. The van der Waals surface area contributed by atoms with E-state index in [1.807, 2.05) is 38.2 Å². The Hall–Kier alpha value is -1.87. The van der Waals surface area contributed by atoms with Crippen LogP contribution in [-0.4, -0.2) is 12.2 Å². The van der Waals surface area contributed by atoms with Crippen molar-refractivity contribution in [3.63, 3.8) is 0 Å². The van der Waals surface area contributed by atoms with Crippen molar-refractivity contribution in [2.24, 2.45) is 0 Å². The summed E-state index contributed by atoms with van der Waals surface area (Å²) < 4.78 is 12.9. The number of aliphatic hydroxyl groups is 1. The molecule has 0 aliphatic carbocycles.